The van der Waals surface area contributed by atoms with Crippen molar-refractivity contribution in [3.63, 3.8) is 0 Å². The summed E-state index contributed by atoms with van der Waals surface area (Å²) >= 11 is 1.82. The minimum absolute atomic E-state index is 0. The number of fused-ring (bicyclic) bond motifs is 4. The van der Waals surface area contributed by atoms with E-state index in [9.17, 15) is 0 Å². The summed E-state index contributed by atoms with van der Waals surface area (Å²) in [5.41, 5.74) is 12.9. The predicted octanol–water partition coefficient (Wildman–Crippen LogP) is 16.0. The molecule has 0 N–H and O–H groups in total. The van der Waals surface area contributed by atoms with Crippen molar-refractivity contribution in [3.8, 4) is 50.6 Å². The smallest absolute Gasteiger partial charge is 0.0799 e. The molecule has 0 atom stereocenters. The van der Waals surface area contributed by atoms with Crippen molar-refractivity contribution >= 4 is 55.8 Å². The number of rotatable bonds is 7. The summed E-state index contributed by atoms with van der Waals surface area (Å²) in [6.45, 7) is 15.3. The van der Waals surface area contributed by atoms with E-state index in [1.54, 1.807) is 12.1 Å². The Morgan fingerprint density at radius 2 is 1.38 bits per heavy atom. The maximum atomic E-state index is 8.48. The summed E-state index contributed by atoms with van der Waals surface area (Å²) in [5, 5.41) is 3.70. The third kappa shape index (κ3) is 9.24. The molecule has 3 heterocycles. The molecule has 0 spiro atoms. The summed E-state index contributed by atoms with van der Waals surface area (Å²) in [6, 6.07) is 61.2. The van der Waals surface area contributed by atoms with Crippen molar-refractivity contribution in [2.45, 2.75) is 72.4 Å². The average Bonchev–Trinajstić information content (AvgIpc) is 3.89. The second kappa shape index (κ2) is 18.6. The molecule has 0 aliphatic heterocycles. The van der Waals surface area contributed by atoms with Crippen LogP contribution in [0, 0.1) is 19.0 Å². The van der Waals surface area contributed by atoms with Crippen LogP contribution in [0.5, 0.6) is 0 Å². The van der Waals surface area contributed by atoms with Gasteiger partial charge in [-0.2, -0.15) is 11.3 Å². The number of benzene rings is 7. The summed E-state index contributed by atoms with van der Waals surface area (Å²) in [7, 11) is -1.61. The standard InChI is InChI=1S/C41H31N2S.C18H24NSi.Ir/c1-41(2,3)29-25-33(27-15-6-4-7-16-27)38(34(26-29)28-17-8-5-9-18-28)43-36-23-12-11-22-35(36)42-40(43)32-21-14-20-31-30-19-10-13-24-37(30)44-39(31)32;1-13(2)16-11-17(15-9-7-14(3)8-10-15)19-12-18(16)20(4,5)6;/h4-20,22-26H,1-3H3;7-9,11-13H,1-6H3;/q2*-1;/i;3D3,13D;. The quantitative estimate of drug-likeness (QED) is 0.118. The van der Waals surface area contributed by atoms with E-state index in [-0.39, 0.29) is 31.1 Å². The van der Waals surface area contributed by atoms with Crippen LogP contribution in [0.4, 0.5) is 0 Å². The Kier molecular flexibility index (Phi) is 11.7. The molecule has 0 saturated heterocycles. The monoisotopic (exact) mass is 1060 g/mol. The second-order valence-electron chi connectivity index (χ2n) is 18.7. The van der Waals surface area contributed by atoms with E-state index in [2.05, 4.69) is 196 Å². The minimum atomic E-state index is -2.13. The summed E-state index contributed by atoms with van der Waals surface area (Å²) in [6.07, 6.45) is 1.89. The number of aromatic nitrogens is 3. The third-order valence-corrected chi connectivity index (χ3v) is 15.1. The van der Waals surface area contributed by atoms with Gasteiger partial charge in [-0.1, -0.05) is 175 Å². The molecule has 3 nitrogen and oxygen atoms in total. The first-order chi connectivity index (χ1) is 32.3. The van der Waals surface area contributed by atoms with E-state index >= 15 is 0 Å². The number of pyridine rings is 1. The largest absolute Gasteiger partial charge is 0.332 e. The Hall–Kier alpha value is -5.75. The molecule has 7 aromatic carbocycles. The van der Waals surface area contributed by atoms with E-state index in [1.807, 2.05) is 37.4 Å². The van der Waals surface area contributed by atoms with Gasteiger partial charge < -0.3 is 9.55 Å². The van der Waals surface area contributed by atoms with Crippen LogP contribution in [-0.2, 0) is 25.5 Å². The predicted molar refractivity (Wildman–Crippen MR) is 278 cm³/mol. The molecule has 327 valence electrons. The van der Waals surface area contributed by atoms with Gasteiger partial charge >= 0.3 is 0 Å². The molecule has 0 aliphatic rings. The number of thiophene rings is 1. The van der Waals surface area contributed by atoms with Crippen molar-refractivity contribution in [3.05, 3.63) is 193 Å². The molecule has 0 unspecified atom stereocenters. The van der Waals surface area contributed by atoms with Crippen molar-refractivity contribution in [2.24, 2.45) is 0 Å². The van der Waals surface area contributed by atoms with Gasteiger partial charge in [0.25, 0.3) is 0 Å². The first kappa shape index (κ1) is 40.7. The van der Waals surface area contributed by atoms with Crippen LogP contribution >= 0.6 is 11.3 Å². The Balaban J connectivity index is 0.000000219. The van der Waals surface area contributed by atoms with Crippen LogP contribution < -0.4 is 5.19 Å². The van der Waals surface area contributed by atoms with Gasteiger partial charge in [0.1, 0.15) is 0 Å². The molecule has 0 aliphatic carbocycles. The van der Waals surface area contributed by atoms with Gasteiger partial charge in [0.15, 0.2) is 0 Å². The molecule has 0 amide bonds. The van der Waals surface area contributed by atoms with Gasteiger partial charge in [-0.05, 0) is 79.3 Å². The molecule has 65 heavy (non-hydrogen) atoms. The van der Waals surface area contributed by atoms with Gasteiger partial charge in [0.05, 0.1) is 30.6 Å². The number of hydrogen-bond donors (Lipinski definition) is 0. The van der Waals surface area contributed by atoms with Crippen LogP contribution in [0.3, 0.4) is 0 Å². The van der Waals surface area contributed by atoms with Gasteiger partial charge in [0.2, 0.25) is 0 Å². The number of para-hydroxylation sites is 2. The second-order valence-corrected chi connectivity index (χ2v) is 24.8. The first-order valence-corrected chi connectivity index (χ1v) is 26.2. The molecule has 10 aromatic rings. The van der Waals surface area contributed by atoms with Crippen molar-refractivity contribution in [1.82, 2.24) is 14.5 Å². The van der Waals surface area contributed by atoms with Gasteiger partial charge in [0, 0.05) is 47.6 Å². The van der Waals surface area contributed by atoms with Crippen molar-refractivity contribution < 1.29 is 25.6 Å². The fraction of sp³-hybridized carbons (Fsp3) is 0.186. The number of nitrogens with zero attached hydrogens (tertiary/aromatic N) is 3. The van der Waals surface area contributed by atoms with E-state index in [0.29, 0.717) is 0 Å². The van der Waals surface area contributed by atoms with E-state index in [0.717, 1.165) is 44.9 Å². The molecule has 0 bridgehead atoms. The Bertz CT molecular complexity index is 3370. The van der Waals surface area contributed by atoms with Crippen LogP contribution in [0.1, 0.15) is 62.7 Å². The molecular weight excluding hydrogens is 1000 g/mol. The zero-order valence-electron chi connectivity index (χ0n) is 42.2. The molecule has 0 fully saturated rings. The molecule has 6 heteroatoms. The number of hydrogen-bond acceptors (Lipinski definition) is 3. The zero-order chi connectivity index (χ0) is 48.2. The van der Waals surface area contributed by atoms with E-state index < -0.39 is 20.8 Å². The summed E-state index contributed by atoms with van der Waals surface area (Å²) < 4.78 is 35.7. The topological polar surface area (TPSA) is 30.7 Å². The van der Waals surface area contributed by atoms with E-state index in [1.165, 1.54) is 59.2 Å². The van der Waals surface area contributed by atoms with Crippen LogP contribution in [0.15, 0.2) is 164 Å². The number of aryl methyl sites for hydroxylation is 1. The normalized spacial score (nSPS) is 13.0. The zero-order valence-corrected chi connectivity index (χ0v) is 42.4. The van der Waals surface area contributed by atoms with Gasteiger partial charge in [-0.25, -0.2) is 0 Å². The maximum Gasteiger partial charge on any atom is 0.0799 e. The number of imidazole rings is 1. The van der Waals surface area contributed by atoms with Crippen LogP contribution in [0.25, 0.3) is 81.8 Å². The van der Waals surface area contributed by atoms with Gasteiger partial charge in [-0.3, -0.25) is 4.98 Å². The maximum absolute atomic E-state index is 8.48. The van der Waals surface area contributed by atoms with Crippen molar-refractivity contribution in [2.75, 3.05) is 0 Å². The SMILES string of the molecule is CC(C)(C)c1cc(-c2ccccc2)c(-n2c(-c3[c-]ccc4c3sc3ccccc34)nc3ccccc32)c(-c2ccccc2)c1.[2H]C([2H])([2H])c1c[c-]c(-c2cc(C([2H])(C)C)c([Si](C)(C)C)cn2)cc1.[Ir]. The van der Waals surface area contributed by atoms with Crippen molar-refractivity contribution in [1.29, 1.82) is 0 Å². The van der Waals surface area contributed by atoms with E-state index in [4.69, 9.17) is 10.5 Å². The molecule has 10 rings (SSSR count). The molecule has 3 aromatic heterocycles. The Labute approximate surface area is 409 Å². The Morgan fingerprint density at radius 3 is 2.00 bits per heavy atom. The molecule has 0 saturated carbocycles. The summed E-state index contributed by atoms with van der Waals surface area (Å²) in [4.78, 5) is 9.92. The van der Waals surface area contributed by atoms with Gasteiger partial charge in [-0.15, -0.1) is 53.6 Å². The third-order valence-electron chi connectivity index (χ3n) is 11.8. The average molecular weight is 1060 g/mol. The molecular formula is C59H55IrN3SSi-2. The van der Waals surface area contributed by atoms with Crippen LogP contribution in [0.2, 0.25) is 19.6 Å². The van der Waals surface area contributed by atoms with Crippen LogP contribution in [-0.4, -0.2) is 22.6 Å². The molecule has 1 radical (unpaired) electrons. The summed E-state index contributed by atoms with van der Waals surface area (Å²) in [5.74, 6) is 0.188. The fourth-order valence-electron chi connectivity index (χ4n) is 8.46. The fourth-order valence-corrected chi connectivity index (χ4v) is 11.2. The first-order valence-electron chi connectivity index (χ1n) is 23.9. The Morgan fingerprint density at radius 1 is 0.738 bits per heavy atom. The minimum Gasteiger partial charge on any atom is -0.332 e.